The number of aromatic nitrogens is 1. The van der Waals surface area contributed by atoms with Crippen LogP contribution in [0.2, 0.25) is 0 Å². The van der Waals surface area contributed by atoms with Gasteiger partial charge in [-0.2, -0.15) is 15.1 Å². The van der Waals surface area contributed by atoms with E-state index in [0.717, 1.165) is 34.1 Å². The van der Waals surface area contributed by atoms with Crippen molar-refractivity contribution in [3.63, 3.8) is 0 Å². The summed E-state index contributed by atoms with van der Waals surface area (Å²) in [6.45, 7) is 10.3. The molecule has 6 nitrogen and oxygen atoms in total. The molecule has 3 heterocycles. The fraction of sp³-hybridized carbons (Fsp3) is 0.273. The average molecular weight is 406 g/mol. The van der Waals surface area contributed by atoms with Gasteiger partial charge in [0.25, 0.3) is 5.91 Å². The van der Waals surface area contributed by atoms with Crippen molar-refractivity contribution >= 4 is 39.8 Å². The summed E-state index contributed by atoms with van der Waals surface area (Å²) in [6.07, 6.45) is 2.51. The summed E-state index contributed by atoms with van der Waals surface area (Å²) in [5.74, 6) is -0.314. The van der Waals surface area contributed by atoms with Crippen LogP contribution in [0.15, 0.2) is 39.9 Å². The van der Waals surface area contributed by atoms with Gasteiger partial charge in [-0.05, 0) is 74.7 Å². The molecule has 2 aliphatic rings. The Labute approximate surface area is 174 Å². The SMILES string of the molecule is CCC1=NN2C(=N)C(=Cc3cc(C)n(-c4c(C)cccc4C)c3C)C(=O)N=C2S1. The van der Waals surface area contributed by atoms with E-state index in [4.69, 9.17) is 5.41 Å². The highest BCUT2D eigenvalue weighted by atomic mass is 32.2. The molecule has 29 heavy (non-hydrogen) atoms. The third-order valence-corrected chi connectivity index (χ3v) is 6.28. The Bertz CT molecular complexity index is 1130. The third kappa shape index (κ3) is 3.15. The minimum atomic E-state index is -0.391. The molecule has 0 fully saturated rings. The zero-order valence-electron chi connectivity index (χ0n) is 17.2. The third-order valence-electron chi connectivity index (χ3n) is 5.23. The van der Waals surface area contributed by atoms with Gasteiger partial charge in [0.2, 0.25) is 5.17 Å². The standard InChI is InChI=1S/C22H23N5OS/c1-6-18-25-27-20(23)17(21(28)24-22(27)29-18)11-16-10-14(4)26(15(16)5)19-12(2)8-7-9-13(19)3/h7-11,23H,6H2,1-5H3. The molecular weight excluding hydrogens is 382 g/mol. The number of fused-ring (bicyclic) bond motifs is 1. The summed E-state index contributed by atoms with van der Waals surface area (Å²) in [4.78, 5) is 16.8. The average Bonchev–Trinajstić information content (AvgIpc) is 3.20. The number of nitrogens with one attached hydrogen (secondary N) is 1. The van der Waals surface area contributed by atoms with Gasteiger partial charge in [0, 0.05) is 11.4 Å². The Morgan fingerprint density at radius 1 is 1.17 bits per heavy atom. The molecule has 2 aliphatic heterocycles. The summed E-state index contributed by atoms with van der Waals surface area (Å²) in [7, 11) is 0. The maximum Gasteiger partial charge on any atom is 0.283 e. The van der Waals surface area contributed by atoms with Crippen LogP contribution >= 0.6 is 11.8 Å². The molecule has 7 heteroatoms. The predicted molar refractivity (Wildman–Crippen MR) is 120 cm³/mol. The number of hydrazone groups is 1. The lowest BCUT2D eigenvalue weighted by molar-refractivity contribution is -0.114. The minimum Gasteiger partial charge on any atom is -0.317 e. The lowest BCUT2D eigenvalue weighted by atomic mass is 10.1. The largest absolute Gasteiger partial charge is 0.317 e. The molecule has 0 spiro atoms. The van der Waals surface area contributed by atoms with E-state index < -0.39 is 5.91 Å². The molecule has 0 bridgehead atoms. The highest BCUT2D eigenvalue weighted by Crippen LogP contribution is 2.31. The van der Waals surface area contributed by atoms with Crippen molar-refractivity contribution in [2.24, 2.45) is 10.1 Å². The molecule has 1 aromatic heterocycles. The van der Waals surface area contributed by atoms with Gasteiger partial charge < -0.3 is 4.57 Å². The zero-order valence-corrected chi connectivity index (χ0v) is 18.0. The first-order chi connectivity index (χ1) is 13.8. The van der Waals surface area contributed by atoms with Crippen LogP contribution in [0.5, 0.6) is 0 Å². The van der Waals surface area contributed by atoms with Crippen LogP contribution in [0, 0.1) is 33.1 Å². The highest BCUT2D eigenvalue weighted by molar-refractivity contribution is 8.26. The van der Waals surface area contributed by atoms with Gasteiger partial charge in [0.15, 0.2) is 5.84 Å². The first-order valence-corrected chi connectivity index (χ1v) is 10.4. The minimum absolute atomic E-state index is 0.0767. The molecule has 0 saturated carbocycles. The number of hydrogen-bond acceptors (Lipinski definition) is 4. The lowest BCUT2D eigenvalue weighted by Gasteiger charge is -2.20. The van der Waals surface area contributed by atoms with Crippen LogP contribution < -0.4 is 0 Å². The van der Waals surface area contributed by atoms with Gasteiger partial charge in [0.1, 0.15) is 5.04 Å². The van der Waals surface area contributed by atoms with Gasteiger partial charge >= 0.3 is 0 Å². The fourth-order valence-electron chi connectivity index (χ4n) is 3.77. The van der Waals surface area contributed by atoms with Crippen LogP contribution in [-0.4, -0.2) is 31.5 Å². The number of carbonyl (C=O) groups is 1. The monoisotopic (exact) mass is 405 g/mol. The summed E-state index contributed by atoms with van der Waals surface area (Å²) in [6, 6.07) is 8.31. The van der Waals surface area contributed by atoms with Crippen molar-refractivity contribution in [3.05, 3.63) is 57.9 Å². The van der Waals surface area contributed by atoms with E-state index in [1.165, 1.54) is 27.9 Å². The Balaban J connectivity index is 1.80. The van der Waals surface area contributed by atoms with Gasteiger partial charge in [0.05, 0.1) is 11.3 Å². The maximum atomic E-state index is 12.6. The number of thioether (sulfide) groups is 1. The van der Waals surface area contributed by atoms with Gasteiger partial charge in [-0.1, -0.05) is 25.1 Å². The Morgan fingerprint density at radius 3 is 2.52 bits per heavy atom. The number of aryl methyl sites for hydroxylation is 3. The van der Waals surface area contributed by atoms with Crippen molar-refractivity contribution < 1.29 is 4.79 Å². The quantitative estimate of drug-likeness (QED) is 0.750. The van der Waals surface area contributed by atoms with E-state index in [-0.39, 0.29) is 11.4 Å². The first-order valence-electron chi connectivity index (χ1n) is 9.56. The Morgan fingerprint density at radius 2 is 1.86 bits per heavy atom. The molecule has 148 valence electrons. The molecule has 0 aliphatic carbocycles. The number of benzene rings is 1. The van der Waals surface area contributed by atoms with E-state index in [2.05, 4.69) is 53.6 Å². The second kappa shape index (κ2) is 7.15. The van der Waals surface area contributed by atoms with Crippen LogP contribution in [-0.2, 0) is 4.79 Å². The molecule has 1 amide bonds. The smallest absolute Gasteiger partial charge is 0.283 e. The Kier molecular flexibility index (Phi) is 4.78. The number of nitrogens with zero attached hydrogens (tertiary/aromatic N) is 4. The second-order valence-corrected chi connectivity index (χ2v) is 8.31. The number of hydrogen-bond donors (Lipinski definition) is 1. The van der Waals surface area contributed by atoms with Crippen LogP contribution in [0.3, 0.4) is 0 Å². The number of para-hydroxylation sites is 1. The van der Waals surface area contributed by atoms with Crippen LogP contribution in [0.25, 0.3) is 11.8 Å². The molecule has 1 N–H and O–H groups in total. The van der Waals surface area contributed by atoms with Crippen LogP contribution in [0.4, 0.5) is 0 Å². The number of amidine groups is 2. The molecule has 0 saturated heterocycles. The molecule has 1 aromatic carbocycles. The molecule has 0 atom stereocenters. The van der Waals surface area contributed by atoms with Gasteiger partial charge in [-0.25, -0.2) is 0 Å². The molecule has 4 rings (SSSR count). The molecular formula is C22H23N5OS. The van der Waals surface area contributed by atoms with Gasteiger partial charge in [-0.3, -0.25) is 10.2 Å². The lowest BCUT2D eigenvalue weighted by Crippen LogP contribution is -2.35. The highest BCUT2D eigenvalue weighted by Gasteiger charge is 2.35. The van der Waals surface area contributed by atoms with E-state index in [1.54, 1.807) is 6.08 Å². The summed E-state index contributed by atoms with van der Waals surface area (Å²) in [5.41, 5.74) is 6.81. The van der Waals surface area contributed by atoms with Crippen molar-refractivity contribution in [3.8, 4) is 5.69 Å². The normalized spacial score (nSPS) is 17.7. The van der Waals surface area contributed by atoms with Crippen LogP contribution in [0.1, 0.15) is 41.4 Å². The predicted octanol–water partition coefficient (Wildman–Crippen LogP) is 4.74. The Hall–Kier alpha value is -2.93. The maximum absolute atomic E-state index is 12.6. The van der Waals surface area contributed by atoms with E-state index in [9.17, 15) is 4.79 Å². The number of rotatable bonds is 3. The van der Waals surface area contributed by atoms with Crippen molar-refractivity contribution in [1.29, 1.82) is 5.41 Å². The zero-order chi connectivity index (χ0) is 20.9. The number of amides is 1. The van der Waals surface area contributed by atoms with E-state index in [1.807, 2.05) is 19.9 Å². The van der Waals surface area contributed by atoms with Gasteiger partial charge in [-0.15, -0.1) is 0 Å². The second-order valence-electron chi connectivity index (χ2n) is 7.27. The van der Waals surface area contributed by atoms with E-state index >= 15 is 0 Å². The summed E-state index contributed by atoms with van der Waals surface area (Å²) >= 11 is 1.35. The van der Waals surface area contributed by atoms with E-state index in [0.29, 0.717) is 5.17 Å². The van der Waals surface area contributed by atoms with Crippen molar-refractivity contribution in [1.82, 2.24) is 9.58 Å². The molecule has 0 unspecified atom stereocenters. The summed E-state index contributed by atoms with van der Waals surface area (Å²) in [5, 5.41) is 15.7. The molecule has 0 radical (unpaired) electrons. The topological polar surface area (TPSA) is 73.8 Å². The first kappa shape index (κ1) is 19.4. The van der Waals surface area contributed by atoms with Crippen molar-refractivity contribution in [2.75, 3.05) is 0 Å². The number of aliphatic imine (C=N–C) groups is 1. The number of carbonyl (C=O) groups excluding carboxylic acids is 1. The summed E-state index contributed by atoms with van der Waals surface area (Å²) < 4.78 is 2.21. The fourth-order valence-corrected chi connectivity index (χ4v) is 4.59. The molecule has 2 aromatic rings. The van der Waals surface area contributed by atoms with Crippen molar-refractivity contribution in [2.45, 2.75) is 41.0 Å².